The van der Waals surface area contributed by atoms with Crippen LogP contribution in [0.3, 0.4) is 0 Å². The van der Waals surface area contributed by atoms with Gasteiger partial charge in [-0.1, -0.05) is 25.6 Å². The molecule has 0 aliphatic heterocycles. The molecule has 0 spiro atoms. The average molecular weight is 496 g/mol. The van der Waals surface area contributed by atoms with Gasteiger partial charge in [-0.2, -0.15) is 13.2 Å². The van der Waals surface area contributed by atoms with Gasteiger partial charge in [-0.25, -0.2) is 4.98 Å². The summed E-state index contributed by atoms with van der Waals surface area (Å²) >= 11 is 0. The van der Waals surface area contributed by atoms with E-state index in [0.717, 1.165) is 34.4 Å². The monoisotopic (exact) mass is 495 g/mol. The van der Waals surface area contributed by atoms with E-state index in [0.29, 0.717) is 11.3 Å². The first-order valence-electron chi connectivity index (χ1n) is 10.9. The number of alkyl halides is 3. The summed E-state index contributed by atoms with van der Waals surface area (Å²) < 4.78 is 44.2. The van der Waals surface area contributed by atoms with Gasteiger partial charge in [0.05, 0.1) is 17.3 Å². The third-order valence-corrected chi connectivity index (χ3v) is 5.52. The molecule has 1 atom stereocenters. The van der Waals surface area contributed by atoms with Gasteiger partial charge in [0.1, 0.15) is 17.3 Å². The largest absolute Gasteiger partial charge is 0.457 e. The van der Waals surface area contributed by atoms with E-state index in [-0.39, 0.29) is 25.1 Å². The Hall–Kier alpha value is -4.07. The third kappa shape index (κ3) is 5.94. The molecule has 1 N–H and O–H groups in total. The zero-order chi connectivity index (χ0) is 25.2. The molecule has 0 bridgehead atoms. The summed E-state index contributed by atoms with van der Waals surface area (Å²) in [7, 11) is 3.81. The molecule has 1 aromatic heterocycles. The highest BCUT2D eigenvalue weighted by Gasteiger charge is 2.30. The maximum absolute atomic E-state index is 12.9. The van der Waals surface area contributed by atoms with Crippen LogP contribution in [0.25, 0.3) is 10.8 Å². The van der Waals surface area contributed by atoms with Crippen molar-refractivity contribution in [2.24, 2.45) is 0 Å². The molecule has 0 saturated heterocycles. The van der Waals surface area contributed by atoms with Crippen LogP contribution in [0.5, 0.6) is 11.5 Å². The number of ether oxygens (including phenoxy) is 1. The van der Waals surface area contributed by atoms with Crippen LogP contribution >= 0.6 is 0 Å². The topological polar surface area (TPSA) is 54.5 Å². The SMILES string of the molecule is C.CC(NC(=O)c1ccc2c(Oc3ccc(C(F)(F)F)cc3)cccc2c1)c1cccc(N(C)C)n1. The summed E-state index contributed by atoms with van der Waals surface area (Å²) in [5.74, 6) is 1.32. The van der Waals surface area contributed by atoms with Crippen molar-refractivity contribution in [3.8, 4) is 11.5 Å². The molecule has 3 aromatic carbocycles. The average Bonchev–Trinajstić information content (AvgIpc) is 2.83. The number of pyridine rings is 1. The molecular weight excluding hydrogens is 467 g/mol. The lowest BCUT2D eigenvalue weighted by Crippen LogP contribution is -2.27. The van der Waals surface area contributed by atoms with Crippen molar-refractivity contribution >= 4 is 22.5 Å². The Bertz CT molecular complexity index is 1350. The zero-order valence-corrected chi connectivity index (χ0v) is 19.4. The van der Waals surface area contributed by atoms with Crippen molar-refractivity contribution in [3.05, 3.63) is 95.7 Å². The summed E-state index contributed by atoms with van der Waals surface area (Å²) in [6.07, 6.45) is -4.41. The van der Waals surface area contributed by atoms with Crippen molar-refractivity contribution in [2.75, 3.05) is 19.0 Å². The van der Waals surface area contributed by atoms with E-state index >= 15 is 0 Å². The van der Waals surface area contributed by atoms with E-state index in [1.54, 1.807) is 30.3 Å². The van der Waals surface area contributed by atoms with Gasteiger partial charge < -0.3 is 15.0 Å². The molecule has 0 aliphatic carbocycles. The fourth-order valence-corrected chi connectivity index (χ4v) is 3.61. The summed E-state index contributed by atoms with van der Waals surface area (Å²) in [4.78, 5) is 19.4. The number of amides is 1. The minimum atomic E-state index is -4.41. The molecule has 0 fully saturated rings. The number of fused-ring (bicyclic) bond motifs is 1. The first-order chi connectivity index (χ1) is 16.6. The zero-order valence-electron chi connectivity index (χ0n) is 19.4. The van der Waals surface area contributed by atoms with Crippen LogP contribution in [0.15, 0.2) is 78.9 Å². The Kier molecular flexibility index (Phi) is 7.87. The van der Waals surface area contributed by atoms with Crippen molar-refractivity contribution in [3.63, 3.8) is 0 Å². The van der Waals surface area contributed by atoms with Crippen LogP contribution in [-0.2, 0) is 6.18 Å². The van der Waals surface area contributed by atoms with Crippen LogP contribution in [0, 0.1) is 0 Å². The second-order valence-corrected chi connectivity index (χ2v) is 8.33. The molecule has 1 unspecified atom stereocenters. The number of nitrogens with zero attached hydrogens (tertiary/aromatic N) is 2. The van der Waals surface area contributed by atoms with Gasteiger partial charge in [-0.05, 0) is 73.0 Å². The third-order valence-electron chi connectivity index (χ3n) is 5.52. The molecule has 188 valence electrons. The summed E-state index contributed by atoms with van der Waals surface area (Å²) in [5, 5.41) is 4.47. The Morgan fingerprint density at radius 1 is 0.972 bits per heavy atom. The van der Waals surface area contributed by atoms with Crippen LogP contribution in [0.1, 0.15) is 42.0 Å². The number of hydrogen-bond acceptors (Lipinski definition) is 4. The molecule has 36 heavy (non-hydrogen) atoms. The van der Waals surface area contributed by atoms with Gasteiger partial charge >= 0.3 is 6.18 Å². The number of carbonyl (C=O) groups is 1. The molecule has 4 aromatic rings. The minimum absolute atomic E-state index is 0. The van der Waals surface area contributed by atoms with E-state index in [4.69, 9.17) is 4.74 Å². The predicted molar refractivity (Wildman–Crippen MR) is 137 cm³/mol. The molecule has 0 aliphatic rings. The lowest BCUT2D eigenvalue weighted by molar-refractivity contribution is -0.137. The quantitative estimate of drug-likeness (QED) is 0.306. The number of nitrogens with one attached hydrogen (secondary N) is 1. The molecule has 5 nitrogen and oxygen atoms in total. The Morgan fingerprint density at radius 2 is 1.67 bits per heavy atom. The van der Waals surface area contributed by atoms with Crippen LogP contribution in [0.4, 0.5) is 19.0 Å². The van der Waals surface area contributed by atoms with Crippen LogP contribution in [0.2, 0.25) is 0 Å². The highest BCUT2D eigenvalue weighted by Crippen LogP contribution is 2.34. The summed E-state index contributed by atoms with van der Waals surface area (Å²) in [5.41, 5.74) is 0.480. The highest BCUT2D eigenvalue weighted by atomic mass is 19.4. The lowest BCUT2D eigenvalue weighted by atomic mass is 10.1. The predicted octanol–water partition coefficient (Wildman–Crippen LogP) is 7.24. The van der Waals surface area contributed by atoms with Crippen molar-refractivity contribution in [2.45, 2.75) is 26.6 Å². The highest BCUT2D eigenvalue weighted by molar-refractivity contribution is 6.00. The van der Waals surface area contributed by atoms with Gasteiger partial charge in [-0.15, -0.1) is 0 Å². The number of rotatable bonds is 6. The molecular formula is C28H28F3N3O2. The van der Waals surface area contributed by atoms with Gasteiger partial charge in [0.15, 0.2) is 0 Å². The second-order valence-electron chi connectivity index (χ2n) is 8.33. The van der Waals surface area contributed by atoms with Gasteiger partial charge in [0.25, 0.3) is 5.91 Å². The number of aromatic nitrogens is 1. The molecule has 1 heterocycles. The Labute approximate surface area is 208 Å². The van der Waals surface area contributed by atoms with Crippen LogP contribution in [-0.4, -0.2) is 25.0 Å². The fraction of sp³-hybridized carbons (Fsp3) is 0.214. The van der Waals surface area contributed by atoms with Gasteiger partial charge in [0, 0.05) is 25.0 Å². The number of benzene rings is 3. The summed E-state index contributed by atoms with van der Waals surface area (Å²) in [6, 6.07) is 20.4. The number of carbonyl (C=O) groups excluding carboxylic acids is 1. The lowest BCUT2D eigenvalue weighted by Gasteiger charge is -2.17. The molecule has 0 saturated carbocycles. The maximum atomic E-state index is 12.9. The fourth-order valence-electron chi connectivity index (χ4n) is 3.61. The van der Waals surface area contributed by atoms with E-state index < -0.39 is 11.7 Å². The molecule has 0 radical (unpaired) electrons. The number of hydrogen-bond donors (Lipinski definition) is 1. The number of halogens is 3. The summed E-state index contributed by atoms with van der Waals surface area (Å²) in [6.45, 7) is 1.87. The normalized spacial score (nSPS) is 11.9. The number of anilines is 1. The standard InChI is InChI=1S/C27H24F3N3O2.CH4/c1-17(23-7-5-9-25(32-23)33(2)3)31-26(34)19-10-15-22-18(16-19)6-4-8-24(22)35-21-13-11-20(12-14-21)27(28,29)30;/h4-17H,1-3H3,(H,31,34);1H4. The maximum Gasteiger partial charge on any atom is 0.416 e. The van der Waals surface area contributed by atoms with Crippen molar-refractivity contribution in [1.29, 1.82) is 0 Å². The van der Waals surface area contributed by atoms with Crippen molar-refractivity contribution < 1.29 is 22.7 Å². The molecule has 1 amide bonds. The van der Waals surface area contributed by atoms with E-state index in [1.807, 2.05) is 50.2 Å². The minimum Gasteiger partial charge on any atom is -0.457 e. The smallest absolute Gasteiger partial charge is 0.416 e. The van der Waals surface area contributed by atoms with Crippen LogP contribution < -0.4 is 15.0 Å². The molecule has 4 rings (SSSR count). The first kappa shape index (κ1) is 26.5. The van der Waals surface area contributed by atoms with Gasteiger partial charge in [0.2, 0.25) is 0 Å². The second kappa shape index (κ2) is 10.7. The first-order valence-corrected chi connectivity index (χ1v) is 10.9. The Balaban J connectivity index is 0.00000361. The Morgan fingerprint density at radius 3 is 2.33 bits per heavy atom. The van der Waals surface area contributed by atoms with E-state index in [9.17, 15) is 18.0 Å². The van der Waals surface area contributed by atoms with Gasteiger partial charge in [-0.3, -0.25) is 4.79 Å². The van der Waals surface area contributed by atoms with E-state index in [2.05, 4.69) is 10.3 Å². The molecule has 8 heteroatoms. The van der Waals surface area contributed by atoms with E-state index in [1.165, 1.54) is 12.1 Å². The van der Waals surface area contributed by atoms with Crippen molar-refractivity contribution in [1.82, 2.24) is 10.3 Å².